The predicted octanol–water partition coefficient (Wildman–Crippen LogP) is 0.00680. The summed E-state index contributed by atoms with van der Waals surface area (Å²) in [6, 6.07) is 0. The molecule has 0 atom stereocenters. The average Bonchev–Trinajstić information content (AvgIpc) is 2.01. The summed E-state index contributed by atoms with van der Waals surface area (Å²) in [5, 5.41) is 0. The molecule has 12 heavy (non-hydrogen) atoms. The van der Waals surface area contributed by atoms with E-state index in [0.29, 0.717) is 13.1 Å². The molecule has 0 spiro atoms. The lowest BCUT2D eigenvalue weighted by molar-refractivity contribution is 0.475. The fraction of sp³-hybridized carbons (Fsp3) is 1.00. The number of hydrogen-bond donors (Lipinski definition) is 1. The summed E-state index contributed by atoms with van der Waals surface area (Å²) < 4.78 is 24.0. The van der Waals surface area contributed by atoms with Gasteiger partial charge in [0, 0.05) is 20.1 Å². The third-order valence-electron chi connectivity index (χ3n) is 1.67. The second-order valence-electron chi connectivity index (χ2n) is 2.78. The van der Waals surface area contributed by atoms with Crippen LogP contribution in [0.15, 0.2) is 0 Å². The topological polar surface area (TPSA) is 63.4 Å². The summed E-state index contributed by atoms with van der Waals surface area (Å²) in [4.78, 5) is 0. The third kappa shape index (κ3) is 4.04. The van der Waals surface area contributed by atoms with Crippen LogP contribution in [0.5, 0.6) is 0 Å². The van der Waals surface area contributed by atoms with E-state index >= 15 is 0 Å². The number of rotatable bonds is 6. The lowest BCUT2D eigenvalue weighted by atomic mass is 10.4. The van der Waals surface area contributed by atoms with Gasteiger partial charge in [0.25, 0.3) is 0 Å². The summed E-state index contributed by atoms with van der Waals surface area (Å²) in [6.07, 6.45) is 1.62. The number of nitrogens with zero attached hydrogens (tertiary/aromatic N) is 1. The summed E-state index contributed by atoms with van der Waals surface area (Å²) in [5.74, 6) is 0.236. The highest BCUT2D eigenvalue weighted by atomic mass is 32.2. The van der Waals surface area contributed by atoms with Gasteiger partial charge in [0.1, 0.15) is 0 Å². The largest absolute Gasteiger partial charge is 0.329 e. The van der Waals surface area contributed by atoms with Crippen LogP contribution >= 0.6 is 0 Å². The van der Waals surface area contributed by atoms with Gasteiger partial charge in [0.15, 0.2) is 0 Å². The van der Waals surface area contributed by atoms with Gasteiger partial charge < -0.3 is 5.73 Å². The third-order valence-corrected chi connectivity index (χ3v) is 3.61. The van der Waals surface area contributed by atoms with Crippen LogP contribution in [-0.4, -0.2) is 38.6 Å². The Morgan fingerprint density at radius 1 is 1.42 bits per heavy atom. The summed E-state index contributed by atoms with van der Waals surface area (Å²) in [5.41, 5.74) is 5.25. The molecule has 4 nitrogen and oxygen atoms in total. The van der Waals surface area contributed by atoms with Crippen molar-refractivity contribution in [2.75, 3.05) is 25.9 Å². The van der Waals surface area contributed by atoms with Gasteiger partial charge in [-0.05, 0) is 6.42 Å². The minimum Gasteiger partial charge on any atom is -0.329 e. The van der Waals surface area contributed by atoms with Crippen LogP contribution in [0.1, 0.15) is 19.8 Å². The highest BCUT2D eigenvalue weighted by Crippen LogP contribution is 2.00. The quantitative estimate of drug-likeness (QED) is 0.647. The molecule has 0 rings (SSSR count). The van der Waals surface area contributed by atoms with Crippen molar-refractivity contribution in [3.8, 4) is 0 Å². The maximum atomic E-state index is 11.3. The maximum absolute atomic E-state index is 11.3. The number of hydrogen-bond acceptors (Lipinski definition) is 3. The standard InChI is InChI=1S/C7H18N2O2S/c1-3-4-7-12(10,11)9(2)6-5-8/h3-8H2,1-2H3. The van der Waals surface area contributed by atoms with Crippen LogP contribution in [0.25, 0.3) is 0 Å². The van der Waals surface area contributed by atoms with Gasteiger partial charge in [0.05, 0.1) is 5.75 Å². The normalized spacial score (nSPS) is 12.3. The van der Waals surface area contributed by atoms with E-state index in [9.17, 15) is 8.42 Å². The van der Waals surface area contributed by atoms with Gasteiger partial charge in [0.2, 0.25) is 10.0 Å². The zero-order valence-electron chi connectivity index (χ0n) is 7.78. The van der Waals surface area contributed by atoms with Crippen molar-refractivity contribution in [1.29, 1.82) is 0 Å². The van der Waals surface area contributed by atoms with Gasteiger partial charge in [-0.15, -0.1) is 0 Å². The Morgan fingerprint density at radius 3 is 2.42 bits per heavy atom. The van der Waals surface area contributed by atoms with E-state index in [-0.39, 0.29) is 5.75 Å². The summed E-state index contributed by atoms with van der Waals surface area (Å²) in [6.45, 7) is 2.76. The first-order valence-corrected chi connectivity index (χ1v) is 5.79. The number of nitrogens with two attached hydrogens (primary N) is 1. The van der Waals surface area contributed by atoms with E-state index in [1.54, 1.807) is 7.05 Å². The zero-order valence-corrected chi connectivity index (χ0v) is 8.60. The molecule has 0 aromatic carbocycles. The highest BCUT2D eigenvalue weighted by Gasteiger charge is 2.15. The van der Waals surface area contributed by atoms with E-state index in [1.807, 2.05) is 6.92 Å². The molecule has 74 valence electrons. The molecular formula is C7H18N2O2S. The molecule has 0 amide bonds. The van der Waals surface area contributed by atoms with Crippen molar-refractivity contribution in [2.45, 2.75) is 19.8 Å². The van der Waals surface area contributed by atoms with Crippen molar-refractivity contribution in [3.05, 3.63) is 0 Å². The molecular weight excluding hydrogens is 176 g/mol. The molecule has 0 bridgehead atoms. The molecule has 0 aliphatic rings. The Labute approximate surface area is 74.8 Å². The second-order valence-corrected chi connectivity index (χ2v) is 4.98. The summed E-state index contributed by atoms with van der Waals surface area (Å²) >= 11 is 0. The first kappa shape index (κ1) is 11.9. The van der Waals surface area contributed by atoms with Crippen LogP contribution in [0.4, 0.5) is 0 Å². The molecule has 0 aliphatic heterocycles. The van der Waals surface area contributed by atoms with Crippen molar-refractivity contribution < 1.29 is 8.42 Å². The van der Waals surface area contributed by atoms with Gasteiger partial charge in [-0.1, -0.05) is 13.3 Å². The van der Waals surface area contributed by atoms with Crippen molar-refractivity contribution in [1.82, 2.24) is 4.31 Å². The van der Waals surface area contributed by atoms with E-state index in [2.05, 4.69) is 0 Å². The van der Waals surface area contributed by atoms with E-state index in [4.69, 9.17) is 5.73 Å². The van der Waals surface area contributed by atoms with Gasteiger partial charge in [-0.25, -0.2) is 12.7 Å². The molecule has 0 aliphatic carbocycles. The van der Waals surface area contributed by atoms with Crippen LogP contribution < -0.4 is 5.73 Å². The molecule has 0 heterocycles. The van der Waals surface area contributed by atoms with Crippen LogP contribution in [0.2, 0.25) is 0 Å². The summed E-state index contributed by atoms with van der Waals surface area (Å²) in [7, 11) is -1.46. The number of unbranched alkanes of at least 4 members (excludes halogenated alkanes) is 1. The first-order valence-electron chi connectivity index (χ1n) is 4.18. The smallest absolute Gasteiger partial charge is 0.213 e. The predicted molar refractivity (Wildman–Crippen MR) is 50.4 cm³/mol. The van der Waals surface area contributed by atoms with Crippen LogP contribution in [-0.2, 0) is 10.0 Å². The number of sulfonamides is 1. The molecule has 0 aromatic rings. The van der Waals surface area contributed by atoms with Crippen LogP contribution in [0.3, 0.4) is 0 Å². The lowest BCUT2D eigenvalue weighted by Gasteiger charge is -2.15. The van der Waals surface area contributed by atoms with Crippen molar-refractivity contribution in [3.63, 3.8) is 0 Å². The molecule has 0 aromatic heterocycles. The second kappa shape index (κ2) is 5.50. The molecule has 0 saturated carbocycles. The molecule has 0 unspecified atom stereocenters. The first-order chi connectivity index (χ1) is 5.54. The Morgan fingerprint density at radius 2 is 2.00 bits per heavy atom. The minimum atomic E-state index is -3.03. The maximum Gasteiger partial charge on any atom is 0.213 e. The number of likely N-dealkylation sites (N-methyl/N-ethyl adjacent to an activating group) is 1. The Balaban J connectivity index is 4.01. The highest BCUT2D eigenvalue weighted by molar-refractivity contribution is 7.89. The van der Waals surface area contributed by atoms with E-state index < -0.39 is 10.0 Å². The van der Waals surface area contributed by atoms with E-state index in [0.717, 1.165) is 12.8 Å². The van der Waals surface area contributed by atoms with Crippen molar-refractivity contribution >= 4 is 10.0 Å². The molecule has 2 N–H and O–H groups in total. The zero-order chi connectivity index (χ0) is 9.61. The van der Waals surface area contributed by atoms with Gasteiger partial charge in [-0.2, -0.15) is 0 Å². The van der Waals surface area contributed by atoms with Crippen LogP contribution in [0, 0.1) is 0 Å². The Hall–Kier alpha value is -0.130. The monoisotopic (exact) mass is 194 g/mol. The fourth-order valence-corrected chi connectivity index (χ4v) is 2.15. The minimum absolute atomic E-state index is 0.236. The molecule has 0 radical (unpaired) electrons. The molecule has 5 heteroatoms. The van der Waals surface area contributed by atoms with Gasteiger partial charge >= 0.3 is 0 Å². The Kier molecular flexibility index (Phi) is 5.44. The molecule has 0 saturated heterocycles. The molecule has 0 fully saturated rings. The Bertz CT molecular complexity index is 201. The van der Waals surface area contributed by atoms with Gasteiger partial charge in [-0.3, -0.25) is 0 Å². The SMILES string of the molecule is CCCCS(=O)(=O)N(C)CCN. The fourth-order valence-electron chi connectivity index (χ4n) is 0.803. The average molecular weight is 194 g/mol. The lowest BCUT2D eigenvalue weighted by Crippen LogP contribution is -2.33. The van der Waals surface area contributed by atoms with E-state index in [1.165, 1.54) is 4.31 Å². The van der Waals surface area contributed by atoms with Crippen molar-refractivity contribution in [2.24, 2.45) is 5.73 Å².